The van der Waals surface area contributed by atoms with Crippen molar-refractivity contribution in [1.29, 1.82) is 0 Å². The fraction of sp³-hybridized carbons (Fsp3) is 0.667. The molecule has 0 aromatic heterocycles. The Kier molecular flexibility index (Phi) is 2.25. The van der Waals surface area contributed by atoms with Gasteiger partial charge in [-0.1, -0.05) is 11.6 Å². The van der Waals surface area contributed by atoms with Crippen LogP contribution in [0.2, 0.25) is 0 Å². The fourth-order valence-corrected chi connectivity index (χ4v) is 1.33. The average molecular weight is 138 g/mol. The molecule has 0 bridgehead atoms. The molecule has 1 heteroatoms. The SMILES string of the molecule is CC(=O)[C@H]1CC=C(C)CC1. The molecule has 0 aliphatic heterocycles. The molecule has 0 radical (unpaired) electrons. The molecule has 0 amide bonds. The van der Waals surface area contributed by atoms with Gasteiger partial charge in [0.2, 0.25) is 0 Å². The van der Waals surface area contributed by atoms with Crippen LogP contribution in [-0.2, 0) is 4.79 Å². The lowest BCUT2D eigenvalue weighted by Gasteiger charge is -2.16. The predicted molar refractivity (Wildman–Crippen MR) is 41.8 cm³/mol. The topological polar surface area (TPSA) is 17.1 Å². The van der Waals surface area contributed by atoms with E-state index in [0.29, 0.717) is 11.7 Å². The number of carbonyl (C=O) groups excluding carboxylic acids is 1. The van der Waals surface area contributed by atoms with E-state index in [1.54, 1.807) is 6.92 Å². The van der Waals surface area contributed by atoms with Crippen molar-refractivity contribution in [3.05, 3.63) is 11.6 Å². The van der Waals surface area contributed by atoms with Crippen molar-refractivity contribution in [2.75, 3.05) is 0 Å². The first kappa shape index (κ1) is 7.52. The molecule has 0 aromatic carbocycles. The van der Waals surface area contributed by atoms with Gasteiger partial charge >= 0.3 is 0 Å². The zero-order valence-electron chi connectivity index (χ0n) is 6.68. The molecule has 0 aromatic rings. The van der Waals surface area contributed by atoms with E-state index >= 15 is 0 Å². The molecule has 1 aliphatic carbocycles. The second-order valence-electron chi connectivity index (χ2n) is 3.13. The van der Waals surface area contributed by atoms with Gasteiger partial charge in [0.1, 0.15) is 5.78 Å². The summed E-state index contributed by atoms with van der Waals surface area (Å²) in [7, 11) is 0. The van der Waals surface area contributed by atoms with Crippen molar-refractivity contribution in [3.63, 3.8) is 0 Å². The molecule has 0 heterocycles. The van der Waals surface area contributed by atoms with E-state index in [-0.39, 0.29) is 0 Å². The maximum absolute atomic E-state index is 10.9. The van der Waals surface area contributed by atoms with Crippen LogP contribution in [0.15, 0.2) is 11.6 Å². The number of hydrogen-bond acceptors (Lipinski definition) is 1. The number of rotatable bonds is 1. The Labute approximate surface area is 62.1 Å². The first-order chi connectivity index (χ1) is 4.70. The molecule has 1 atom stereocenters. The van der Waals surface area contributed by atoms with E-state index < -0.39 is 0 Å². The average Bonchev–Trinajstić information content (AvgIpc) is 1.88. The molecule has 56 valence electrons. The summed E-state index contributed by atoms with van der Waals surface area (Å²) in [5, 5.41) is 0. The van der Waals surface area contributed by atoms with Crippen LogP contribution < -0.4 is 0 Å². The molecule has 0 N–H and O–H groups in total. The Bertz CT molecular complexity index is 168. The van der Waals surface area contributed by atoms with Gasteiger partial charge in [-0.05, 0) is 33.1 Å². The van der Waals surface area contributed by atoms with Crippen molar-refractivity contribution in [1.82, 2.24) is 0 Å². The van der Waals surface area contributed by atoms with Crippen LogP contribution in [0.25, 0.3) is 0 Å². The molecule has 10 heavy (non-hydrogen) atoms. The zero-order chi connectivity index (χ0) is 7.56. The number of allylic oxidation sites excluding steroid dienone is 2. The Morgan fingerprint density at radius 2 is 2.40 bits per heavy atom. The van der Waals surface area contributed by atoms with Gasteiger partial charge in [-0.15, -0.1) is 0 Å². The maximum atomic E-state index is 10.9. The summed E-state index contributed by atoms with van der Waals surface area (Å²) in [5.41, 5.74) is 1.44. The summed E-state index contributed by atoms with van der Waals surface area (Å²) in [5.74, 6) is 0.674. The van der Waals surface area contributed by atoms with E-state index in [2.05, 4.69) is 13.0 Å². The highest BCUT2D eigenvalue weighted by molar-refractivity contribution is 5.78. The first-order valence-corrected chi connectivity index (χ1v) is 3.86. The molecule has 1 rings (SSSR count). The van der Waals surface area contributed by atoms with E-state index in [9.17, 15) is 4.79 Å². The first-order valence-electron chi connectivity index (χ1n) is 3.86. The Morgan fingerprint density at radius 1 is 1.70 bits per heavy atom. The van der Waals surface area contributed by atoms with Crippen molar-refractivity contribution >= 4 is 5.78 Å². The second-order valence-corrected chi connectivity index (χ2v) is 3.13. The van der Waals surface area contributed by atoms with Crippen LogP contribution in [0.5, 0.6) is 0 Å². The fourth-order valence-electron chi connectivity index (χ4n) is 1.33. The standard InChI is InChI=1S/C9H14O/c1-7-3-5-9(6-4-7)8(2)10/h3,9H,4-6H2,1-2H3/t9-/m0/s1. The molecule has 0 unspecified atom stereocenters. The summed E-state index contributed by atoms with van der Waals surface area (Å²) < 4.78 is 0. The van der Waals surface area contributed by atoms with E-state index in [1.807, 2.05) is 0 Å². The van der Waals surface area contributed by atoms with Gasteiger partial charge in [-0.2, -0.15) is 0 Å². The van der Waals surface area contributed by atoms with Gasteiger partial charge < -0.3 is 0 Å². The van der Waals surface area contributed by atoms with Crippen molar-refractivity contribution in [2.45, 2.75) is 33.1 Å². The smallest absolute Gasteiger partial charge is 0.133 e. The molecule has 0 spiro atoms. The van der Waals surface area contributed by atoms with Crippen LogP contribution >= 0.6 is 0 Å². The summed E-state index contributed by atoms with van der Waals surface area (Å²) in [6, 6.07) is 0. The van der Waals surface area contributed by atoms with Crippen LogP contribution in [0.4, 0.5) is 0 Å². The minimum atomic E-state index is 0.323. The lowest BCUT2D eigenvalue weighted by molar-refractivity contribution is -0.120. The molecule has 0 saturated heterocycles. The van der Waals surface area contributed by atoms with Crippen LogP contribution in [0.3, 0.4) is 0 Å². The molecule has 1 nitrogen and oxygen atoms in total. The molecule has 1 aliphatic rings. The minimum Gasteiger partial charge on any atom is -0.300 e. The third kappa shape index (κ3) is 1.69. The Balaban J connectivity index is 2.50. The zero-order valence-corrected chi connectivity index (χ0v) is 6.68. The monoisotopic (exact) mass is 138 g/mol. The van der Waals surface area contributed by atoms with Gasteiger partial charge in [0.25, 0.3) is 0 Å². The number of ketones is 1. The molecular weight excluding hydrogens is 124 g/mol. The van der Waals surface area contributed by atoms with Gasteiger partial charge in [0.15, 0.2) is 0 Å². The third-order valence-electron chi connectivity index (χ3n) is 2.21. The summed E-state index contributed by atoms with van der Waals surface area (Å²) in [6.07, 6.45) is 5.35. The van der Waals surface area contributed by atoms with E-state index in [4.69, 9.17) is 0 Å². The highest BCUT2D eigenvalue weighted by Crippen LogP contribution is 2.23. The molecule has 0 saturated carbocycles. The highest BCUT2D eigenvalue weighted by Gasteiger charge is 2.15. The molecular formula is C9H14O. The van der Waals surface area contributed by atoms with Gasteiger partial charge in [-0.25, -0.2) is 0 Å². The number of carbonyl (C=O) groups is 1. The lowest BCUT2D eigenvalue weighted by Crippen LogP contribution is -2.12. The van der Waals surface area contributed by atoms with Gasteiger partial charge in [-0.3, -0.25) is 4.79 Å². The van der Waals surface area contributed by atoms with Crippen LogP contribution in [-0.4, -0.2) is 5.78 Å². The van der Waals surface area contributed by atoms with Gasteiger partial charge in [0, 0.05) is 5.92 Å². The van der Waals surface area contributed by atoms with Crippen molar-refractivity contribution in [2.24, 2.45) is 5.92 Å². The number of hydrogen-bond donors (Lipinski definition) is 0. The van der Waals surface area contributed by atoms with Crippen LogP contribution in [0, 0.1) is 5.92 Å². The third-order valence-corrected chi connectivity index (χ3v) is 2.21. The second kappa shape index (κ2) is 3.00. The highest BCUT2D eigenvalue weighted by atomic mass is 16.1. The lowest BCUT2D eigenvalue weighted by atomic mass is 9.88. The normalized spacial score (nSPS) is 25.8. The van der Waals surface area contributed by atoms with E-state index in [0.717, 1.165) is 19.3 Å². The van der Waals surface area contributed by atoms with Crippen molar-refractivity contribution in [3.8, 4) is 0 Å². The van der Waals surface area contributed by atoms with Crippen LogP contribution in [0.1, 0.15) is 33.1 Å². The Hall–Kier alpha value is -0.590. The summed E-state index contributed by atoms with van der Waals surface area (Å²) in [4.78, 5) is 10.9. The Morgan fingerprint density at radius 3 is 2.80 bits per heavy atom. The predicted octanol–water partition coefficient (Wildman–Crippen LogP) is 2.32. The maximum Gasteiger partial charge on any atom is 0.133 e. The van der Waals surface area contributed by atoms with Gasteiger partial charge in [0.05, 0.1) is 0 Å². The largest absolute Gasteiger partial charge is 0.300 e. The minimum absolute atomic E-state index is 0.323. The summed E-state index contributed by atoms with van der Waals surface area (Å²) >= 11 is 0. The van der Waals surface area contributed by atoms with E-state index in [1.165, 1.54) is 5.57 Å². The van der Waals surface area contributed by atoms with Crippen molar-refractivity contribution < 1.29 is 4.79 Å². The quantitative estimate of drug-likeness (QED) is 0.508. The molecule has 0 fully saturated rings. The summed E-state index contributed by atoms with van der Waals surface area (Å²) in [6.45, 7) is 3.83. The number of Topliss-reactive ketones (excluding diaryl/α,β-unsaturated/α-hetero) is 1.